The number of nitrogens with zero attached hydrogens (tertiary/aromatic N) is 2. The number of rotatable bonds is 15. The second-order valence-corrected chi connectivity index (χ2v) is 6.83. The molecule has 2 atom stereocenters. The first-order valence-electron chi connectivity index (χ1n) is 10.8. The van der Waals surface area contributed by atoms with E-state index in [1.807, 2.05) is 4.90 Å². The van der Waals surface area contributed by atoms with Crippen molar-refractivity contribution in [1.82, 2.24) is 20.4 Å². The van der Waals surface area contributed by atoms with Crippen molar-refractivity contribution in [1.29, 1.82) is 0 Å². The lowest BCUT2D eigenvalue weighted by Gasteiger charge is -2.34. The summed E-state index contributed by atoms with van der Waals surface area (Å²) < 4.78 is 11.0. The van der Waals surface area contributed by atoms with Crippen LogP contribution in [0.2, 0.25) is 0 Å². The van der Waals surface area contributed by atoms with Crippen LogP contribution in [0.25, 0.3) is 0 Å². The van der Waals surface area contributed by atoms with E-state index in [1.54, 1.807) is 13.8 Å². The molecule has 2 amide bonds. The molecule has 0 rings (SSSR count). The van der Waals surface area contributed by atoms with E-state index in [0.717, 1.165) is 45.3 Å². The Morgan fingerprint density at radius 3 is 1.57 bits per heavy atom. The summed E-state index contributed by atoms with van der Waals surface area (Å²) in [6.45, 7) is 16.4. The molecule has 2 unspecified atom stereocenters. The molecule has 0 saturated heterocycles. The molecule has 166 valence electrons. The van der Waals surface area contributed by atoms with E-state index < -0.39 is 24.6 Å². The Morgan fingerprint density at radius 1 is 0.786 bits per heavy atom. The van der Waals surface area contributed by atoms with Gasteiger partial charge in [-0.3, -0.25) is 0 Å². The van der Waals surface area contributed by atoms with Crippen molar-refractivity contribution in [2.24, 2.45) is 0 Å². The molecule has 0 aliphatic rings. The van der Waals surface area contributed by atoms with Gasteiger partial charge in [-0.1, -0.05) is 40.5 Å². The largest absolute Gasteiger partial charge is 0.430 e. The first-order chi connectivity index (χ1) is 13.4. The second kappa shape index (κ2) is 16.4. The van der Waals surface area contributed by atoms with Crippen molar-refractivity contribution in [3.05, 3.63) is 0 Å². The zero-order valence-electron chi connectivity index (χ0n) is 18.8. The van der Waals surface area contributed by atoms with Crippen molar-refractivity contribution in [3.8, 4) is 0 Å². The first-order valence-corrected chi connectivity index (χ1v) is 10.8. The summed E-state index contributed by atoms with van der Waals surface area (Å²) in [6, 6.07) is 0. The van der Waals surface area contributed by atoms with Gasteiger partial charge in [0.15, 0.2) is 12.5 Å². The number of hydrogen-bond acceptors (Lipinski definition) is 6. The van der Waals surface area contributed by atoms with Crippen molar-refractivity contribution in [2.75, 3.05) is 39.3 Å². The number of hydrogen-bond donors (Lipinski definition) is 2. The maximum Gasteiger partial charge on any atom is 0.408 e. The van der Waals surface area contributed by atoms with Crippen LogP contribution in [0.5, 0.6) is 0 Å². The van der Waals surface area contributed by atoms with Gasteiger partial charge in [0.05, 0.1) is 0 Å². The Morgan fingerprint density at radius 2 is 1.21 bits per heavy atom. The number of alkyl carbamates (subject to hydrolysis) is 2. The quantitative estimate of drug-likeness (QED) is 0.323. The van der Waals surface area contributed by atoms with Crippen LogP contribution in [0.3, 0.4) is 0 Å². The molecule has 2 N–H and O–H groups in total. The van der Waals surface area contributed by atoms with E-state index in [9.17, 15) is 9.59 Å². The number of nitrogens with one attached hydrogen (secondary N) is 2. The van der Waals surface area contributed by atoms with Gasteiger partial charge < -0.3 is 25.0 Å². The maximum absolute atomic E-state index is 12.0. The molecule has 28 heavy (non-hydrogen) atoms. The average molecular weight is 403 g/mol. The highest BCUT2D eigenvalue weighted by molar-refractivity contribution is 5.67. The van der Waals surface area contributed by atoms with Gasteiger partial charge in [0.2, 0.25) is 0 Å². The van der Waals surface area contributed by atoms with E-state index in [1.165, 1.54) is 0 Å². The minimum Gasteiger partial charge on any atom is -0.430 e. The number of amides is 2. The summed E-state index contributed by atoms with van der Waals surface area (Å²) in [7, 11) is 0. The van der Waals surface area contributed by atoms with Gasteiger partial charge in [-0.05, 0) is 39.8 Å². The highest BCUT2D eigenvalue weighted by Gasteiger charge is 2.26. The first kappa shape index (κ1) is 26.5. The van der Waals surface area contributed by atoms with Crippen LogP contribution < -0.4 is 10.6 Å². The summed E-state index contributed by atoms with van der Waals surface area (Å²) in [5.41, 5.74) is 0. The number of likely N-dealkylation sites (N-methyl/N-ethyl adjacent to an activating group) is 1. The summed E-state index contributed by atoms with van der Waals surface area (Å²) in [5, 5.41) is 5.50. The molecule has 0 fully saturated rings. The van der Waals surface area contributed by atoms with E-state index in [0.29, 0.717) is 19.6 Å². The molecular formula is C20H42N4O4. The molecule has 0 aliphatic heterocycles. The average Bonchev–Trinajstić information content (AvgIpc) is 2.65. The van der Waals surface area contributed by atoms with Crippen molar-refractivity contribution >= 4 is 12.2 Å². The van der Waals surface area contributed by atoms with E-state index in [2.05, 4.69) is 43.2 Å². The molecule has 0 aromatic rings. The molecule has 0 heterocycles. The normalized spacial score (nSPS) is 13.3. The Hall–Kier alpha value is -1.54. The van der Waals surface area contributed by atoms with Crippen LogP contribution in [0.4, 0.5) is 9.59 Å². The van der Waals surface area contributed by atoms with Gasteiger partial charge in [0.1, 0.15) is 0 Å². The van der Waals surface area contributed by atoms with Crippen molar-refractivity contribution < 1.29 is 19.1 Å². The molecule has 0 aliphatic carbocycles. The number of ether oxygens (including phenoxy) is 2. The second-order valence-electron chi connectivity index (χ2n) is 6.83. The fraction of sp³-hybridized carbons (Fsp3) is 0.900. The van der Waals surface area contributed by atoms with E-state index in [4.69, 9.17) is 9.47 Å². The van der Waals surface area contributed by atoms with E-state index in [-0.39, 0.29) is 0 Å². The number of carbonyl (C=O) groups excluding carboxylic acids is 2. The third kappa shape index (κ3) is 12.0. The smallest absolute Gasteiger partial charge is 0.408 e. The fourth-order valence-electron chi connectivity index (χ4n) is 2.72. The zero-order chi connectivity index (χ0) is 21.4. The van der Waals surface area contributed by atoms with Gasteiger partial charge in [-0.25, -0.2) is 14.5 Å². The lowest BCUT2D eigenvalue weighted by molar-refractivity contribution is -0.0938. The molecular weight excluding hydrogens is 360 g/mol. The van der Waals surface area contributed by atoms with E-state index >= 15 is 0 Å². The fourth-order valence-corrected chi connectivity index (χ4v) is 2.72. The Labute approximate surface area is 171 Å². The molecule has 0 saturated carbocycles. The standard InChI is InChI=1S/C20H42N4O4/c1-7-11-13-21-19(25)27-17(5)24(16-15-23(9-3)10-4)18(6)28-20(26)22-14-12-8-2/h17-18H,7-16H2,1-6H3,(H,21,25)(H,22,26). The van der Waals surface area contributed by atoms with Crippen LogP contribution in [0.1, 0.15) is 67.2 Å². The van der Waals surface area contributed by atoms with Crippen molar-refractivity contribution in [3.63, 3.8) is 0 Å². The van der Waals surface area contributed by atoms with Crippen molar-refractivity contribution in [2.45, 2.75) is 79.7 Å². The van der Waals surface area contributed by atoms with Gasteiger partial charge in [-0.15, -0.1) is 0 Å². The lowest BCUT2D eigenvalue weighted by atomic mass is 10.3. The molecule has 8 heteroatoms. The molecule has 0 spiro atoms. The lowest BCUT2D eigenvalue weighted by Crippen LogP contribution is -2.49. The molecule has 0 radical (unpaired) electrons. The molecule has 0 aromatic carbocycles. The van der Waals surface area contributed by atoms with Crippen LogP contribution >= 0.6 is 0 Å². The summed E-state index contributed by atoms with van der Waals surface area (Å²) in [5.74, 6) is 0. The minimum absolute atomic E-state index is 0.451. The highest BCUT2D eigenvalue weighted by atomic mass is 16.6. The third-order valence-electron chi connectivity index (χ3n) is 4.66. The molecule has 0 bridgehead atoms. The third-order valence-corrected chi connectivity index (χ3v) is 4.66. The zero-order valence-corrected chi connectivity index (χ0v) is 18.8. The minimum atomic E-state index is -0.518. The highest BCUT2D eigenvalue weighted by Crippen LogP contribution is 2.10. The predicted molar refractivity (Wildman–Crippen MR) is 112 cm³/mol. The summed E-state index contributed by atoms with van der Waals surface area (Å²) in [4.78, 5) is 28.2. The van der Waals surface area contributed by atoms with Crippen LogP contribution in [0.15, 0.2) is 0 Å². The molecule has 8 nitrogen and oxygen atoms in total. The van der Waals surface area contributed by atoms with Gasteiger partial charge >= 0.3 is 12.2 Å². The van der Waals surface area contributed by atoms with Gasteiger partial charge in [0, 0.05) is 26.2 Å². The van der Waals surface area contributed by atoms with Crippen LogP contribution in [0, 0.1) is 0 Å². The van der Waals surface area contributed by atoms with Crippen LogP contribution in [-0.2, 0) is 9.47 Å². The van der Waals surface area contributed by atoms with Gasteiger partial charge in [-0.2, -0.15) is 0 Å². The maximum atomic E-state index is 12.0. The molecule has 0 aromatic heterocycles. The van der Waals surface area contributed by atoms with Crippen LogP contribution in [-0.4, -0.2) is 73.7 Å². The summed E-state index contributed by atoms with van der Waals surface area (Å²) in [6.07, 6.45) is 1.89. The Bertz CT molecular complexity index is 389. The SMILES string of the molecule is CCCCNC(=O)OC(C)N(CCN(CC)CC)C(C)OC(=O)NCCCC. The Kier molecular flexibility index (Phi) is 15.5. The predicted octanol–water partition coefficient (Wildman–Crippen LogP) is 3.37. The number of unbranched alkanes of at least 4 members (excludes halogenated alkanes) is 2. The Balaban J connectivity index is 4.81. The summed E-state index contributed by atoms with van der Waals surface area (Å²) >= 11 is 0. The van der Waals surface area contributed by atoms with Gasteiger partial charge in [0.25, 0.3) is 0 Å². The topological polar surface area (TPSA) is 83.1 Å². The monoisotopic (exact) mass is 402 g/mol. The number of carbonyl (C=O) groups is 2.